The molecule has 0 unspecified atom stereocenters. The topological polar surface area (TPSA) is 66.9 Å². The number of Topliss-reactive ketones (excluding diaryl/α,β-unsaturated/α-hetero) is 1. The number of hydrogen-bond acceptors (Lipinski definition) is 4. The molecular formula is C17H26N2O4. The molecule has 0 aromatic heterocycles. The van der Waals surface area contributed by atoms with Crippen LogP contribution in [0.1, 0.15) is 46.5 Å². The Morgan fingerprint density at radius 3 is 2.13 bits per heavy atom. The second kappa shape index (κ2) is 5.49. The monoisotopic (exact) mass is 322 g/mol. The molecule has 0 N–H and O–H groups in total. The minimum Gasteiger partial charge on any atom is -0.444 e. The van der Waals surface area contributed by atoms with Crippen molar-refractivity contribution in [3.05, 3.63) is 0 Å². The third-order valence-corrected chi connectivity index (χ3v) is 5.14. The van der Waals surface area contributed by atoms with Gasteiger partial charge in [0.2, 0.25) is 5.91 Å². The lowest BCUT2D eigenvalue weighted by Gasteiger charge is -2.53. The maximum absolute atomic E-state index is 12.3. The second-order valence-corrected chi connectivity index (χ2v) is 8.31. The maximum atomic E-state index is 12.3. The normalized spacial score (nSPS) is 24.2. The van der Waals surface area contributed by atoms with Crippen LogP contribution in [0.25, 0.3) is 0 Å². The Kier molecular flexibility index (Phi) is 3.89. The van der Waals surface area contributed by atoms with Gasteiger partial charge >= 0.3 is 6.09 Å². The van der Waals surface area contributed by atoms with Gasteiger partial charge < -0.3 is 14.5 Å². The molecule has 2 heterocycles. The molecule has 1 aliphatic carbocycles. The molecule has 23 heavy (non-hydrogen) atoms. The Morgan fingerprint density at radius 2 is 1.65 bits per heavy atom. The predicted molar refractivity (Wildman–Crippen MR) is 83.8 cm³/mol. The van der Waals surface area contributed by atoms with Crippen LogP contribution in [0.4, 0.5) is 4.79 Å². The largest absolute Gasteiger partial charge is 0.444 e. The summed E-state index contributed by atoms with van der Waals surface area (Å²) < 4.78 is 5.39. The lowest BCUT2D eigenvalue weighted by molar-refractivity contribution is -0.148. The molecule has 128 valence electrons. The first-order valence-electron chi connectivity index (χ1n) is 8.46. The number of amides is 2. The first-order valence-corrected chi connectivity index (χ1v) is 8.46. The fourth-order valence-electron chi connectivity index (χ4n) is 3.66. The number of hydrogen-bond donors (Lipinski definition) is 0. The van der Waals surface area contributed by atoms with E-state index in [1.807, 2.05) is 25.7 Å². The van der Waals surface area contributed by atoms with Crippen molar-refractivity contribution < 1.29 is 19.1 Å². The van der Waals surface area contributed by atoms with Crippen molar-refractivity contribution in [2.24, 2.45) is 11.3 Å². The summed E-state index contributed by atoms with van der Waals surface area (Å²) >= 11 is 0. The molecule has 0 atom stereocenters. The van der Waals surface area contributed by atoms with Crippen LogP contribution >= 0.6 is 0 Å². The average Bonchev–Trinajstić information content (AvgIpc) is 2.39. The molecular weight excluding hydrogens is 296 g/mol. The summed E-state index contributed by atoms with van der Waals surface area (Å²) in [5, 5.41) is 0. The molecule has 6 heteroatoms. The van der Waals surface area contributed by atoms with E-state index in [0.29, 0.717) is 12.8 Å². The van der Waals surface area contributed by atoms with Crippen LogP contribution in [0.15, 0.2) is 0 Å². The van der Waals surface area contributed by atoms with E-state index in [4.69, 9.17) is 4.74 Å². The number of ether oxygens (including phenoxy) is 1. The lowest BCUT2D eigenvalue weighted by atomic mass is 9.71. The third-order valence-electron chi connectivity index (χ3n) is 5.14. The van der Waals surface area contributed by atoms with Gasteiger partial charge in [0.1, 0.15) is 11.4 Å². The molecule has 1 spiro atoms. The Hall–Kier alpha value is -1.59. The van der Waals surface area contributed by atoms with Gasteiger partial charge in [-0.05, 0) is 33.6 Å². The van der Waals surface area contributed by atoms with E-state index >= 15 is 0 Å². The van der Waals surface area contributed by atoms with Crippen molar-refractivity contribution in [1.82, 2.24) is 9.80 Å². The van der Waals surface area contributed by atoms with Crippen molar-refractivity contribution in [3.63, 3.8) is 0 Å². The summed E-state index contributed by atoms with van der Waals surface area (Å²) in [5.74, 6) is 0.266. The van der Waals surface area contributed by atoms with Gasteiger partial charge in [0.05, 0.1) is 5.92 Å². The summed E-state index contributed by atoms with van der Waals surface area (Å²) in [6.07, 6.45) is 2.46. The predicted octanol–water partition coefficient (Wildman–Crippen LogP) is 1.82. The number of ketones is 1. The Bertz CT molecular complexity index is 513. The van der Waals surface area contributed by atoms with E-state index in [1.165, 1.54) is 0 Å². The zero-order valence-electron chi connectivity index (χ0n) is 14.3. The van der Waals surface area contributed by atoms with Crippen molar-refractivity contribution in [3.8, 4) is 0 Å². The van der Waals surface area contributed by atoms with Gasteiger partial charge in [0, 0.05) is 44.4 Å². The summed E-state index contributed by atoms with van der Waals surface area (Å²) in [6, 6.07) is 0. The highest BCUT2D eigenvalue weighted by Gasteiger charge is 2.49. The molecule has 0 radical (unpaired) electrons. The van der Waals surface area contributed by atoms with Crippen molar-refractivity contribution >= 4 is 17.8 Å². The van der Waals surface area contributed by atoms with E-state index in [-0.39, 0.29) is 29.1 Å². The van der Waals surface area contributed by atoms with Crippen LogP contribution in [-0.2, 0) is 14.3 Å². The smallest absolute Gasteiger partial charge is 0.410 e. The highest BCUT2D eigenvalue weighted by atomic mass is 16.6. The molecule has 3 aliphatic rings. The van der Waals surface area contributed by atoms with Gasteiger partial charge in [0.25, 0.3) is 0 Å². The van der Waals surface area contributed by atoms with E-state index in [2.05, 4.69) is 0 Å². The van der Waals surface area contributed by atoms with Crippen molar-refractivity contribution in [1.29, 1.82) is 0 Å². The van der Waals surface area contributed by atoms with E-state index in [0.717, 1.165) is 39.0 Å². The molecule has 6 nitrogen and oxygen atoms in total. The molecule has 0 aromatic carbocycles. The fourth-order valence-corrected chi connectivity index (χ4v) is 3.66. The molecule has 1 saturated carbocycles. The molecule has 2 saturated heterocycles. The van der Waals surface area contributed by atoms with Gasteiger partial charge in [-0.1, -0.05) is 0 Å². The van der Waals surface area contributed by atoms with Crippen LogP contribution in [0.2, 0.25) is 0 Å². The van der Waals surface area contributed by atoms with Crippen LogP contribution in [-0.4, -0.2) is 59.4 Å². The van der Waals surface area contributed by atoms with Crippen molar-refractivity contribution in [2.75, 3.05) is 26.2 Å². The SMILES string of the molecule is CC(C)(C)OC(=O)N1CC2(CCN(C(=O)C3CC(=O)C3)CC2)C1. The highest BCUT2D eigenvalue weighted by Crippen LogP contribution is 2.41. The number of rotatable bonds is 1. The zero-order valence-corrected chi connectivity index (χ0v) is 14.3. The summed E-state index contributed by atoms with van der Waals surface area (Å²) in [7, 11) is 0. The first-order chi connectivity index (χ1) is 10.7. The molecule has 0 aromatic rings. The highest BCUT2D eigenvalue weighted by molar-refractivity contribution is 5.96. The van der Waals surface area contributed by atoms with Crippen LogP contribution in [0.5, 0.6) is 0 Å². The quantitative estimate of drug-likeness (QED) is 0.738. The summed E-state index contributed by atoms with van der Waals surface area (Å²) in [4.78, 5) is 39.0. The Morgan fingerprint density at radius 1 is 1.09 bits per heavy atom. The van der Waals surface area contributed by atoms with Gasteiger partial charge in [-0.25, -0.2) is 4.79 Å². The van der Waals surface area contributed by atoms with Crippen LogP contribution < -0.4 is 0 Å². The number of piperidine rings is 1. The molecule has 3 rings (SSSR count). The lowest BCUT2D eigenvalue weighted by Crippen LogP contribution is -2.63. The van der Waals surface area contributed by atoms with Crippen LogP contribution in [0, 0.1) is 11.3 Å². The number of nitrogens with zero attached hydrogens (tertiary/aromatic N) is 2. The number of carbonyl (C=O) groups excluding carboxylic acids is 3. The van der Waals surface area contributed by atoms with E-state index < -0.39 is 5.60 Å². The van der Waals surface area contributed by atoms with Gasteiger partial charge in [-0.2, -0.15) is 0 Å². The summed E-state index contributed by atoms with van der Waals surface area (Å²) in [6.45, 7) is 8.55. The minimum atomic E-state index is -0.462. The number of carbonyl (C=O) groups is 3. The molecule has 2 aliphatic heterocycles. The van der Waals surface area contributed by atoms with E-state index in [1.54, 1.807) is 4.90 Å². The third kappa shape index (κ3) is 3.35. The van der Waals surface area contributed by atoms with E-state index in [9.17, 15) is 14.4 Å². The van der Waals surface area contributed by atoms with Gasteiger partial charge in [-0.15, -0.1) is 0 Å². The Balaban J connectivity index is 1.44. The first kappa shape index (κ1) is 16.3. The van der Waals surface area contributed by atoms with Crippen LogP contribution in [0.3, 0.4) is 0 Å². The average molecular weight is 322 g/mol. The Labute approximate surface area is 137 Å². The summed E-state index contributed by atoms with van der Waals surface area (Å²) in [5.41, 5.74) is -0.307. The fraction of sp³-hybridized carbons (Fsp3) is 0.824. The maximum Gasteiger partial charge on any atom is 0.410 e. The number of likely N-dealkylation sites (tertiary alicyclic amines) is 2. The molecule has 0 bridgehead atoms. The minimum absolute atomic E-state index is 0.0730. The molecule has 2 amide bonds. The van der Waals surface area contributed by atoms with Gasteiger partial charge in [-0.3, -0.25) is 9.59 Å². The standard InChI is InChI=1S/C17H26N2O4/c1-16(2,3)23-15(22)19-10-17(11-19)4-6-18(7-5-17)14(21)12-8-13(20)9-12/h12H,4-11H2,1-3H3. The zero-order chi connectivity index (χ0) is 16.8. The van der Waals surface area contributed by atoms with Gasteiger partial charge in [0.15, 0.2) is 0 Å². The molecule has 3 fully saturated rings. The second-order valence-electron chi connectivity index (χ2n) is 8.31. The van der Waals surface area contributed by atoms with Crippen molar-refractivity contribution in [2.45, 2.75) is 52.1 Å².